The van der Waals surface area contributed by atoms with Crippen molar-refractivity contribution in [2.45, 2.75) is 0 Å². The summed E-state index contributed by atoms with van der Waals surface area (Å²) in [5.74, 6) is -0.445. The lowest BCUT2D eigenvalue weighted by molar-refractivity contribution is 0.0696. The van der Waals surface area contributed by atoms with E-state index in [2.05, 4.69) is 27.0 Å². The second-order valence-corrected chi connectivity index (χ2v) is 6.35. The van der Waals surface area contributed by atoms with Gasteiger partial charge in [0.05, 0.1) is 11.3 Å². The Hall–Kier alpha value is -3.13. The summed E-state index contributed by atoms with van der Waals surface area (Å²) in [5.41, 5.74) is 1.62. The molecule has 1 saturated heterocycles. The summed E-state index contributed by atoms with van der Waals surface area (Å²) in [4.78, 5) is 19.7. The molecule has 2 N–H and O–H groups in total. The molecule has 2 aromatic rings. The number of piperazine rings is 1. The average Bonchev–Trinajstić information content (AvgIpc) is 2.70. The molecule has 8 nitrogen and oxygen atoms in total. The van der Waals surface area contributed by atoms with Crippen LogP contribution in [0, 0.1) is 0 Å². The van der Waals surface area contributed by atoms with Crippen LogP contribution in [0.1, 0.15) is 16.1 Å². The lowest BCUT2D eigenvalue weighted by atomic mass is 10.2. The Bertz CT molecular complexity index is 815. The van der Waals surface area contributed by atoms with Gasteiger partial charge < -0.3 is 24.9 Å². The molecule has 0 amide bonds. The second kappa shape index (κ2) is 8.50. The number of carboxylic acid groups (broad SMARTS) is 1. The van der Waals surface area contributed by atoms with Gasteiger partial charge in [0, 0.05) is 38.1 Å². The zero-order chi connectivity index (χ0) is 19.2. The summed E-state index contributed by atoms with van der Waals surface area (Å²) >= 11 is 0. The summed E-state index contributed by atoms with van der Waals surface area (Å²) in [6.07, 6.45) is 1.36. The zero-order valence-corrected chi connectivity index (χ0v) is 15.1. The Morgan fingerprint density at radius 2 is 1.89 bits per heavy atom. The molecule has 0 atom stereocenters. The van der Waals surface area contributed by atoms with E-state index in [1.807, 2.05) is 24.3 Å². The van der Waals surface area contributed by atoms with Crippen LogP contribution < -0.4 is 9.64 Å². The number of pyridine rings is 1. The van der Waals surface area contributed by atoms with Crippen LogP contribution in [-0.4, -0.2) is 71.7 Å². The number of rotatable bonds is 6. The van der Waals surface area contributed by atoms with E-state index in [1.54, 1.807) is 0 Å². The molecule has 8 heteroatoms. The molecule has 0 radical (unpaired) electrons. The highest BCUT2D eigenvalue weighted by Gasteiger charge is 2.15. The number of aromatic carboxylic acids is 1. The topological polar surface area (TPSA) is 98.5 Å². The Kier molecular flexibility index (Phi) is 5.87. The van der Waals surface area contributed by atoms with Crippen LogP contribution >= 0.6 is 0 Å². The minimum atomic E-state index is -1.07. The maximum absolute atomic E-state index is 11.1. The van der Waals surface area contributed by atoms with E-state index in [0.717, 1.165) is 31.9 Å². The first-order valence-corrected chi connectivity index (χ1v) is 8.64. The third-order valence-electron chi connectivity index (χ3n) is 4.50. The standard InChI is InChI=1S/C19H22N4O4/c1-22-8-10-23(11-9-22)15-2-4-16(5-3-15)27-13-18(21-26)17-12-14(19(24)25)6-7-20-17/h2-7,12,26H,8-11,13H2,1H3,(H,24,25)/b21-18+. The predicted octanol–water partition coefficient (Wildman–Crippen LogP) is 1.79. The molecule has 1 aromatic carbocycles. The highest BCUT2D eigenvalue weighted by Crippen LogP contribution is 2.20. The third kappa shape index (κ3) is 4.73. The fourth-order valence-corrected chi connectivity index (χ4v) is 2.84. The van der Waals surface area contributed by atoms with E-state index in [0.29, 0.717) is 5.75 Å². The van der Waals surface area contributed by atoms with Crippen LogP contribution in [0.2, 0.25) is 0 Å². The highest BCUT2D eigenvalue weighted by molar-refractivity contribution is 6.01. The summed E-state index contributed by atoms with van der Waals surface area (Å²) in [6, 6.07) is 10.4. The summed E-state index contributed by atoms with van der Waals surface area (Å²) in [6.45, 7) is 4.03. The number of aromatic nitrogens is 1. The van der Waals surface area contributed by atoms with Gasteiger partial charge in [-0.3, -0.25) is 4.98 Å². The number of carbonyl (C=O) groups is 1. The van der Waals surface area contributed by atoms with Crippen molar-refractivity contribution in [1.29, 1.82) is 0 Å². The maximum Gasteiger partial charge on any atom is 0.335 e. The van der Waals surface area contributed by atoms with Crippen LogP contribution in [0.5, 0.6) is 5.75 Å². The predicted molar refractivity (Wildman–Crippen MR) is 101 cm³/mol. The van der Waals surface area contributed by atoms with Crippen molar-refractivity contribution in [3.05, 3.63) is 53.9 Å². The van der Waals surface area contributed by atoms with Gasteiger partial charge in [0.25, 0.3) is 0 Å². The Balaban J connectivity index is 1.62. The minimum absolute atomic E-state index is 0.0274. The number of oxime groups is 1. The van der Waals surface area contributed by atoms with Crippen molar-refractivity contribution in [2.75, 3.05) is 44.7 Å². The van der Waals surface area contributed by atoms with Crippen LogP contribution in [0.3, 0.4) is 0 Å². The SMILES string of the molecule is CN1CCN(c2ccc(OC/C(=N\O)c3cc(C(=O)O)ccn3)cc2)CC1. The molecule has 2 heterocycles. The van der Waals surface area contributed by atoms with Crippen LogP contribution in [0.15, 0.2) is 47.8 Å². The van der Waals surface area contributed by atoms with Gasteiger partial charge in [-0.1, -0.05) is 5.16 Å². The molecule has 0 spiro atoms. The number of hydrogen-bond donors (Lipinski definition) is 2. The van der Waals surface area contributed by atoms with Gasteiger partial charge in [0.2, 0.25) is 0 Å². The van der Waals surface area contributed by atoms with Gasteiger partial charge in [0.1, 0.15) is 18.1 Å². The molecule has 142 valence electrons. The highest BCUT2D eigenvalue weighted by atomic mass is 16.5. The van der Waals surface area contributed by atoms with Gasteiger partial charge in [-0.05, 0) is 43.4 Å². The number of likely N-dealkylation sites (N-methyl/N-ethyl adjacent to an activating group) is 1. The Labute approximate surface area is 157 Å². The Morgan fingerprint density at radius 1 is 1.19 bits per heavy atom. The molecule has 27 heavy (non-hydrogen) atoms. The smallest absolute Gasteiger partial charge is 0.335 e. The molecule has 0 aliphatic carbocycles. The number of nitrogens with zero attached hydrogens (tertiary/aromatic N) is 4. The fourth-order valence-electron chi connectivity index (χ4n) is 2.84. The summed E-state index contributed by atoms with van der Waals surface area (Å²) in [7, 11) is 2.12. The van der Waals surface area contributed by atoms with Crippen molar-refractivity contribution in [3.8, 4) is 5.75 Å². The molecule has 0 unspecified atom stereocenters. The van der Waals surface area contributed by atoms with E-state index >= 15 is 0 Å². The first-order valence-electron chi connectivity index (χ1n) is 8.64. The number of ether oxygens (including phenoxy) is 1. The van der Waals surface area contributed by atoms with Crippen molar-refractivity contribution < 1.29 is 19.8 Å². The van der Waals surface area contributed by atoms with Gasteiger partial charge in [-0.2, -0.15) is 0 Å². The summed E-state index contributed by atoms with van der Waals surface area (Å²) in [5, 5.41) is 21.5. The lowest BCUT2D eigenvalue weighted by Crippen LogP contribution is -2.44. The van der Waals surface area contributed by atoms with E-state index in [1.165, 1.54) is 18.3 Å². The van der Waals surface area contributed by atoms with E-state index in [9.17, 15) is 10.0 Å². The number of anilines is 1. The fraction of sp³-hybridized carbons (Fsp3) is 0.316. The third-order valence-corrected chi connectivity index (χ3v) is 4.50. The van der Waals surface area contributed by atoms with Crippen molar-refractivity contribution in [3.63, 3.8) is 0 Å². The molecular weight excluding hydrogens is 348 g/mol. The normalized spacial score (nSPS) is 15.6. The number of hydrogen-bond acceptors (Lipinski definition) is 7. The lowest BCUT2D eigenvalue weighted by Gasteiger charge is -2.34. The first kappa shape index (κ1) is 18.7. The zero-order valence-electron chi connectivity index (χ0n) is 15.1. The molecule has 0 saturated carbocycles. The molecule has 3 rings (SSSR count). The van der Waals surface area contributed by atoms with E-state index in [4.69, 9.17) is 9.84 Å². The van der Waals surface area contributed by atoms with Crippen molar-refractivity contribution >= 4 is 17.4 Å². The average molecular weight is 370 g/mol. The van der Waals surface area contributed by atoms with Gasteiger partial charge in [-0.15, -0.1) is 0 Å². The second-order valence-electron chi connectivity index (χ2n) is 6.35. The maximum atomic E-state index is 11.1. The monoisotopic (exact) mass is 370 g/mol. The first-order chi connectivity index (χ1) is 13.1. The molecule has 1 fully saturated rings. The van der Waals surface area contributed by atoms with E-state index < -0.39 is 5.97 Å². The molecule has 1 aromatic heterocycles. The van der Waals surface area contributed by atoms with E-state index in [-0.39, 0.29) is 23.6 Å². The van der Waals surface area contributed by atoms with Gasteiger partial charge in [-0.25, -0.2) is 4.79 Å². The number of carboxylic acids is 1. The van der Waals surface area contributed by atoms with Crippen LogP contribution in [-0.2, 0) is 0 Å². The van der Waals surface area contributed by atoms with Gasteiger partial charge in [0.15, 0.2) is 0 Å². The molecule has 1 aliphatic heterocycles. The molecule has 0 bridgehead atoms. The largest absolute Gasteiger partial charge is 0.487 e. The van der Waals surface area contributed by atoms with Crippen LogP contribution in [0.4, 0.5) is 5.69 Å². The van der Waals surface area contributed by atoms with Crippen molar-refractivity contribution in [2.24, 2.45) is 5.16 Å². The van der Waals surface area contributed by atoms with Crippen LogP contribution in [0.25, 0.3) is 0 Å². The summed E-state index contributed by atoms with van der Waals surface area (Å²) < 4.78 is 5.67. The van der Waals surface area contributed by atoms with Gasteiger partial charge >= 0.3 is 5.97 Å². The quantitative estimate of drug-likeness (QED) is 0.454. The molecule has 1 aliphatic rings. The number of benzene rings is 1. The minimum Gasteiger partial charge on any atom is -0.487 e. The van der Waals surface area contributed by atoms with Crippen molar-refractivity contribution in [1.82, 2.24) is 9.88 Å². The molecular formula is C19H22N4O4. The Morgan fingerprint density at radius 3 is 2.52 bits per heavy atom.